The van der Waals surface area contributed by atoms with Crippen molar-refractivity contribution >= 4 is 175 Å². The van der Waals surface area contributed by atoms with Gasteiger partial charge in [-0.15, -0.1) is 0 Å². The average Bonchev–Trinajstić information content (AvgIpc) is 1.56. The number of para-hydroxylation sites is 4. The molecule has 522 valence electrons. The van der Waals surface area contributed by atoms with E-state index >= 15 is 0 Å². The van der Waals surface area contributed by atoms with E-state index in [0.717, 1.165) is 215 Å². The molecule has 25 aromatic rings. The summed E-state index contributed by atoms with van der Waals surface area (Å²) in [5.41, 5.74) is 22.6. The number of hydrogen-bond acceptors (Lipinski definition) is 16. The molecule has 25 rings (SSSR count). The maximum Gasteiger partial charge on any atom is 0.235 e. The van der Waals surface area contributed by atoms with Crippen molar-refractivity contribution in [2.75, 3.05) is 0 Å². The zero-order valence-electron chi connectivity index (χ0n) is 58.9. The first-order valence-corrected chi connectivity index (χ1v) is 36.5. The molecule has 0 aliphatic carbocycles. The molecular formula is C93H52N16O3. The molecule has 0 amide bonds. The van der Waals surface area contributed by atoms with Crippen molar-refractivity contribution in [3.05, 3.63) is 317 Å². The summed E-state index contributed by atoms with van der Waals surface area (Å²) in [6, 6.07) is 85.8. The Bertz CT molecular complexity index is 8120. The number of furan rings is 3. The molecule has 0 radical (unpaired) electrons. The Morgan fingerprint density at radius 1 is 0.241 bits per heavy atom. The van der Waals surface area contributed by atoms with Crippen LogP contribution in [0.4, 0.5) is 0 Å². The maximum atomic E-state index is 6.67. The van der Waals surface area contributed by atoms with Crippen LogP contribution in [0.15, 0.2) is 330 Å². The van der Waals surface area contributed by atoms with E-state index in [9.17, 15) is 0 Å². The minimum Gasteiger partial charge on any atom is -0.454 e. The highest BCUT2D eigenvalue weighted by Crippen LogP contribution is 2.46. The van der Waals surface area contributed by atoms with Crippen LogP contribution in [0.2, 0.25) is 0 Å². The van der Waals surface area contributed by atoms with E-state index in [1.54, 1.807) is 49.6 Å². The molecule has 112 heavy (non-hydrogen) atoms. The third-order valence-electron chi connectivity index (χ3n) is 21.1. The highest BCUT2D eigenvalue weighted by molar-refractivity contribution is 6.28. The Morgan fingerprint density at radius 3 is 1.15 bits per heavy atom. The Kier molecular flexibility index (Phi) is 13.8. The Balaban J connectivity index is 0.000000101. The van der Waals surface area contributed by atoms with Crippen LogP contribution in [0.3, 0.4) is 0 Å². The number of benzene rings is 11. The second-order valence-electron chi connectivity index (χ2n) is 27.3. The molecular weight excluding hydrogens is 1390 g/mol. The summed E-state index contributed by atoms with van der Waals surface area (Å²) in [6.07, 6.45) is 17.6. The standard InChI is InChI=1S/C35H20N6O.C30H17N5O.C28H15N5O/c1-2-10-30-22(7-1)23-11-12-24-32-31(14-13-27-33(32)39-18-17-38-27)42-35(24)34(23)41(30)21-19-28(25-8-3-5-15-36-25)40-29(20-21)26-9-4-6-16-37-26;1-2-6-18(7-3-1)22-14-15-33-30(34-22)35-24-9-5-4-8-19(24)20-10-11-21-26-25(36-29(21)28(20)35)13-12-23-27(26)32-17-16-31-23;1-3-7-20-16(5-1)15-31-28(32-20)33-22-8-4-2-6-17(22)18-9-10-19-24-23(34-27(19)26(18)33)12-11-21-25(24)30-14-13-29-21/h1-20H;1-17H;1-15H. The van der Waals surface area contributed by atoms with Crippen LogP contribution >= 0.6 is 0 Å². The van der Waals surface area contributed by atoms with Crippen molar-refractivity contribution in [3.63, 3.8) is 0 Å². The van der Waals surface area contributed by atoms with Crippen LogP contribution in [0.1, 0.15) is 0 Å². The summed E-state index contributed by atoms with van der Waals surface area (Å²) in [4.78, 5) is 61.0. The molecule has 0 N–H and O–H groups in total. The van der Waals surface area contributed by atoms with Crippen molar-refractivity contribution in [1.29, 1.82) is 0 Å². The fourth-order valence-corrected chi connectivity index (χ4v) is 16.3. The second kappa shape index (κ2) is 24.9. The molecule has 0 aliphatic heterocycles. The van der Waals surface area contributed by atoms with Gasteiger partial charge in [0.15, 0.2) is 16.7 Å². The van der Waals surface area contributed by atoms with E-state index in [1.165, 1.54) is 0 Å². The SMILES string of the molecule is c1ccc(-c2cc(-n3c4ccccc4c4ccc5c(oc6ccc7nccnc7c65)c43)cc(-c3ccccn3)n2)nc1.c1ccc(-c2ccnc(-n3c4ccccc4c4ccc5c(oc6ccc7nccnc7c65)c43)n2)cc1.c1ccc2nc(-n3c4ccccc4c4ccc5c(oc6ccc7nccnc7c65)c43)ncc2c1. The van der Waals surface area contributed by atoms with Gasteiger partial charge < -0.3 is 17.8 Å². The summed E-state index contributed by atoms with van der Waals surface area (Å²) in [5.74, 6) is 1.21. The van der Waals surface area contributed by atoms with Crippen LogP contribution in [-0.4, -0.2) is 78.5 Å². The fraction of sp³-hybridized carbons (Fsp3) is 0. The summed E-state index contributed by atoms with van der Waals surface area (Å²) in [5, 5.41) is 13.6. The quantitative estimate of drug-likeness (QED) is 0.151. The summed E-state index contributed by atoms with van der Waals surface area (Å²) in [7, 11) is 0. The minimum absolute atomic E-state index is 0.597. The molecule has 0 fully saturated rings. The number of pyridine rings is 3. The van der Waals surface area contributed by atoms with Gasteiger partial charge in [0.25, 0.3) is 0 Å². The minimum atomic E-state index is 0.597. The zero-order valence-corrected chi connectivity index (χ0v) is 58.9. The number of aromatic nitrogens is 16. The summed E-state index contributed by atoms with van der Waals surface area (Å²) < 4.78 is 26.2. The zero-order chi connectivity index (χ0) is 73.5. The molecule has 0 saturated carbocycles. The van der Waals surface area contributed by atoms with Gasteiger partial charge in [0.2, 0.25) is 11.9 Å². The van der Waals surface area contributed by atoms with Crippen molar-refractivity contribution in [2.45, 2.75) is 0 Å². The topological polar surface area (TPSA) is 222 Å². The van der Waals surface area contributed by atoms with Gasteiger partial charge in [-0.05, 0) is 121 Å². The summed E-state index contributed by atoms with van der Waals surface area (Å²) in [6.45, 7) is 0. The monoisotopic (exact) mass is 1440 g/mol. The average molecular weight is 1440 g/mol. The van der Waals surface area contributed by atoms with Crippen LogP contribution in [0.25, 0.3) is 227 Å². The predicted octanol–water partition coefficient (Wildman–Crippen LogP) is 21.8. The molecule has 0 aliphatic rings. The number of nitrogens with zero attached hydrogens (tertiary/aromatic N) is 16. The van der Waals surface area contributed by atoms with E-state index in [4.69, 9.17) is 38.2 Å². The second-order valence-corrected chi connectivity index (χ2v) is 27.3. The van der Waals surface area contributed by atoms with Gasteiger partial charge in [0.1, 0.15) is 44.3 Å². The van der Waals surface area contributed by atoms with Crippen LogP contribution in [-0.2, 0) is 0 Å². The van der Waals surface area contributed by atoms with E-state index in [0.29, 0.717) is 11.9 Å². The normalized spacial score (nSPS) is 11.9. The van der Waals surface area contributed by atoms with Crippen LogP contribution in [0.5, 0.6) is 0 Å². The number of fused-ring (bicyclic) bond motifs is 28. The Hall–Kier alpha value is -15.9. The maximum absolute atomic E-state index is 6.67. The smallest absolute Gasteiger partial charge is 0.235 e. The first-order chi connectivity index (χ1) is 55.6. The molecule has 0 unspecified atom stereocenters. The molecule has 19 heteroatoms. The van der Waals surface area contributed by atoms with E-state index in [-0.39, 0.29) is 0 Å². The van der Waals surface area contributed by atoms with Gasteiger partial charge in [-0.3, -0.25) is 49.0 Å². The molecule has 0 spiro atoms. The fourth-order valence-electron chi connectivity index (χ4n) is 16.3. The largest absolute Gasteiger partial charge is 0.454 e. The third-order valence-corrected chi connectivity index (χ3v) is 21.1. The molecule has 0 saturated heterocycles. The van der Waals surface area contributed by atoms with Crippen molar-refractivity contribution in [1.82, 2.24) is 78.5 Å². The van der Waals surface area contributed by atoms with Crippen LogP contribution < -0.4 is 0 Å². The van der Waals surface area contributed by atoms with Gasteiger partial charge in [-0.1, -0.05) is 133 Å². The lowest BCUT2D eigenvalue weighted by Gasteiger charge is -2.12. The predicted molar refractivity (Wildman–Crippen MR) is 442 cm³/mol. The molecule has 14 heterocycles. The van der Waals surface area contributed by atoms with E-state index in [2.05, 4.69) is 175 Å². The van der Waals surface area contributed by atoms with Gasteiger partial charge in [0, 0.05) is 121 Å². The van der Waals surface area contributed by atoms with E-state index < -0.39 is 0 Å². The lowest BCUT2D eigenvalue weighted by atomic mass is 10.1. The van der Waals surface area contributed by atoms with Crippen molar-refractivity contribution in [3.8, 4) is 51.6 Å². The highest BCUT2D eigenvalue weighted by atomic mass is 16.3. The number of rotatable bonds is 6. The van der Waals surface area contributed by atoms with Gasteiger partial charge >= 0.3 is 0 Å². The third kappa shape index (κ3) is 9.69. The Labute approximate surface area is 631 Å². The van der Waals surface area contributed by atoms with Gasteiger partial charge in [-0.25, -0.2) is 24.9 Å². The number of hydrogen-bond donors (Lipinski definition) is 0. The van der Waals surface area contributed by atoms with Crippen molar-refractivity contribution < 1.29 is 13.3 Å². The molecule has 19 nitrogen and oxygen atoms in total. The first-order valence-electron chi connectivity index (χ1n) is 36.5. The van der Waals surface area contributed by atoms with Gasteiger partial charge in [0.05, 0.1) is 94.4 Å². The van der Waals surface area contributed by atoms with Crippen LogP contribution in [0, 0.1) is 0 Å². The Morgan fingerprint density at radius 2 is 0.661 bits per heavy atom. The van der Waals surface area contributed by atoms with E-state index in [1.807, 2.05) is 146 Å². The molecule has 14 aromatic heterocycles. The lowest BCUT2D eigenvalue weighted by Crippen LogP contribution is -2.01. The highest BCUT2D eigenvalue weighted by Gasteiger charge is 2.27. The molecule has 11 aromatic carbocycles. The first kappa shape index (κ1) is 62.3. The van der Waals surface area contributed by atoms with Crippen molar-refractivity contribution in [2.24, 2.45) is 0 Å². The molecule has 0 bridgehead atoms. The summed E-state index contributed by atoms with van der Waals surface area (Å²) >= 11 is 0. The molecule has 0 atom stereocenters. The lowest BCUT2D eigenvalue weighted by molar-refractivity contribution is 0.670. The van der Waals surface area contributed by atoms with Gasteiger partial charge in [-0.2, -0.15) is 0 Å².